The number of nitrogens with one attached hydrogen (secondary N) is 2. The number of aromatic nitrogens is 1. The van der Waals surface area contributed by atoms with Crippen molar-refractivity contribution in [2.75, 3.05) is 5.43 Å². The van der Waals surface area contributed by atoms with Crippen molar-refractivity contribution >= 4 is 15.8 Å². The topological polar surface area (TPSA) is 97.1 Å². The minimum atomic E-state index is -3.59. The second-order valence-electron chi connectivity index (χ2n) is 5.43. The van der Waals surface area contributed by atoms with E-state index in [1.54, 1.807) is 6.07 Å². The number of nitrogens with two attached hydrogens (primary N) is 1. The molecule has 0 amide bonds. The fraction of sp³-hybridized carbons (Fsp3) is 0.615. The summed E-state index contributed by atoms with van der Waals surface area (Å²) >= 11 is 0. The third kappa shape index (κ3) is 3.68. The van der Waals surface area contributed by atoms with Gasteiger partial charge in [-0.15, -0.1) is 0 Å². The summed E-state index contributed by atoms with van der Waals surface area (Å²) in [6.45, 7) is 2.22. The predicted molar refractivity (Wildman–Crippen MR) is 78.4 cm³/mol. The minimum Gasteiger partial charge on any atom is -0.307 e. The Balaban J connectivity index is 2.14. The average Bonchev–Trinajstić information content (AvgIpc) is 2.63. The first-order chi connectivity index (χ1) is 9.53. The molecule has 0 aromatic carbocycles. The normalized spacial score (nSPS) is 24.1. The summed E-state index contributed by atoms with van der Waals surface area (Å²) in [5.41, 5.74) is 2.33. The van der Waals surface area contributed by atoms with Crippen molar-refractivity contribution in [3.63, 3.8) is 0 Å². The molecule has 0 radical (unpaired) electrons. The highest BCUT2D eigenvalue weighted by Crippen LogP contribution is 2.24. The zero-order valence-electron chi connectivity index (χ0n) is 11.7. The van der Waals surface area contributed by atoms with Crippen LogP contribution in [0.5, 0.6) is 0 Å². The van der Waals surface area contributed by atoms with Crippen molar-refractivity contribution in [2.24, 2.45) is 11.8 Å². The second kappa shape index (κ2) is 6.51. The average molecular weight is 298 g/mol. The highest BCUT2D eigenvalue weighted by atomic mass is 32.2. The zero-order valence-corrected chi connectivity index (χ0v) is 12.5. The first-order valence-electron chi connectivity index (χ1n) is 6.97. The molecule has 1 aromatic heterocycles. The summed E-state index contributed by atoms with van der Waals surface area (Å²) in [5, 5.41) is 0. The van der Waals surface area contributed by atoms with Crippen LogP contribution in [-0.4, -0.2) is 19.4 Å². The Bertz CT molecular complexity index is 547. The van der Waals surface area contributed by atoms with Gasteiger partial charge in [-0.1, -0.05) is 19.8 Å². The number of sulfonamides is 1. The Morgan fingerprint density at radius 1 is 1.30 bits per heavy atom. The van der Waals surface area contributed by atoms with Gasteiger partial charge >= 0.3 is 0 Å². The lowest BCUT2D eigenvalue weighted by molar-refractivity contribution is 0.484. The van der Waals surface area contributed by atoms with Gasteiger partial charge < -0.3 is 5.43 Å². The molecule has 2 unspecified atom stereocenters. The van der Waals surface area contributed by atoms with E-state index in [0.717, 1.165) is 25.7 Å². The maximum atomic E-state index is 12.4. The molecule has 0 aliphatic heterocycles. The Labute approximate surface area is 120 Å². The molecule has 1 saturated carbocycles. The summed E-state index contributed by atoms with van der Waals surface area (Å²) in [4.78, 5) is 4.03. The number of pyridine rings is 1. The monoisotopic (exact) mass is 298 g/mol. The van der Waals surface area contributed by atoms with Crippen LogP contribution in [0.25, 0.3) is 0 Å². The van der Waals surface area contributed by atoms with E-state index in [1.165, 1.54) is 18.7 Å². The Hall–Kier alpha value is -1.18. The van der Waals surface area contributed by atoms with Crippen LogP contribution in [0.2, 0.25) is 0 Å². The van der Waals surface area contributed by atoms with Gasteiger partial charge in [0.15, 0.2) is 5.82 Å². The van der Waals surface area contributed by atoms with Gasteiger partial charge in [0.2, 0.25) is 10.0 Å². The number of hydrogen-bond acceptors (Lipinski definition) is 5. The number of anilines is 1. The quantitative estimate of drug-likeness (QED) is 0.446. The molecule has 2 atom stereocenters. The first-order valence-corrected chi connectivity index (χ1v) is 8.45. The first kappa shape index (κ1) is 15.2. The van der Waals surface area contributed by atoms with Gasteiger partial charge in [0.25, 0.3) is 0 Å². The van der Waals surface area contributed by atoms with Gasteiger partial charge in [0.05, 0.1) is 0 Å². The lowest BCUT2D eigenvalue weighted by Crippen LogP contribution is -2.35. The fourth-order valence-electron chi connectivity index (χ4n) is 2.60. The maximum Gasteiger partial charge on any atom is 0.244 e. The lowest BCUT2D eigenvalue weighted by atomic mass is 10.0. The molecule has 4 N–H and O–H groups in total. The van der Waals surface area contributed by atoms with E-state index in [-0.39, 0.29) is 16.8 Å². The third-order valence-corrected chi connectivity index (χ3v) is 5.33. The van der Waals surface area contributed by atoms with Crippen LogP contribution < -0.4 is 16.0 Å². The highest BCUT2D eigenvalue weighted by molar-refractivity contribution is 7.89. The molecule has 0 spiro atoms. The summed E-state index contributed by atoms with van der Waals surface area (Å²) in [5.74, 6) is 6.16. The molecule has 0 bridgehead atoms. The van der Waals surface area contributed by atoms with Crippen LogP contribution in [0.1, 0.15) is 39.0 Å². The van der Waals surface area contributed by atoms with Crippen LogP contribution in [0, 0.1) is 5.92 Å². The van der Waals surface area contributed by atoms with E-state index >= 15 is 0 Å². The van der Waals surface area contributed by atoms with E-state index in [4.69, 9.17) is 5.84 Å². The van der Waals surface area contributed by atoms with Crippen molar-refractivity contribution in [3.05, 3.63) is 18.3 Å². The molecule has 1 heterocycles. The lowest BCUT2D eigenvalue weighted by Gasteiger charge is -2.17. The number of rotatable bonds is 4. The van der Waals surface area contributed by atoms with Crippen molar-refractivity contribution < 1.29 is 8.42 Å². The molecule has 2 rings (SSSR count). The molecule has 1 aliphatic carbocycles. The number of nitrogen functional groups attached to an aromatic ring is 1. The molecule has 112 valence electrons. The Morgan fingerprint density at radius 2 is 2.10 bits per heavy atom. The van der Waals surface area contributed by atoms with Gasteiger partial charge in [0, 0.05) is 12.2 Å². The SMILES string of the molecule is CC1CCCC(NS(=O)(=O)c2cccnc2NN)CC1. The number of hydrazine groups is 1. The molecule has 20 heavy (non-hydrogen) atoms. The largest absolute Gasteiger partial charge is 0.307 e. The molecule has 1 fully saturated rings. The summed E-state index contributed by atoms with van der Waals surface area (Å²) in [7, 11) is -3.59. The summed E-state index contributed by atoms with van der Waals surface area (Å²) in [6.07, 6.45) is 6.55. The molecule has 1 aromatic rings. The van der Waals surface area contributed by atoms with Gasteiger partial charge in [-0.2, -0.15) is 0 Å². The van der Waals surface area contributed by atoms with E-state index in [2.05, 4.69) is 22.1 Å². The van der Waals surface area contributed by atoms with Crippen LogP contribution >= 0.6 is 0 Å². The van der Waals surface area contributed by atoms with Gasteiger partial charge in [-0.25, -0.2) is 24.0 Å². The molecular weight excluding hydrogens is 276 g/mol. The smallest absolute Gasteiger partial charge is 0.244 e. The molecular formula is C13H22N4O2S. The van der Waals surface area contributed by atoms with Crippen LogP contribution in [0.4, 0.5) is 5.82 Å². The number of hydrogen-bond donors (Lipinski definition) is 3. The molecule has 6 nitrogen and oxygen atoms in total. The summed E-state index contributed by atoms with van der Waals surface area (Å²) in [6, 6.07) is 3.09. The molecule has 0 saturated heterocycles. The fourth-order valence-corrected chi connectivity index (χ4v) is 4.03. The van der Waals surface area contributed by atoms with Crippen molar-refractivity contribution in [1.82, 2.24) is 9.71 Å². The van der Waals surface area contributed by atoms with Gasteiger partial charge in [-0.3, -0.25) is 0 Å². The van der Waals surface area contributed by atoms with Gasteiger partial charge in [0.1, 0.15) is 4.90 Å². The third-order valence-electron chi connectivity index (χ3n) is 3.78. The maximum absolute atomic E-state index is 12.4. The van der Waals surface area contributed by atoms with Crippen LogP contribution in [0.3, 0.4) is 0 Å². The van der Waals surface area contributed by atoms with Crippen LogP contribution in [0.15, 0.2) is 23.2 Å². The minimum absolute atomic E-state index is 0.00391. The van der Waals surface area contributed by atoms with E-state index in [1.807, 2.05) is 0 Å². The van der Waals surface area contributed by atoms with Crippen molar-refractivity contribution in [3.8, 4) is 0 Å². The van der Waals surface area contributed by atoms with E-state index < -0.39 is 10.0 Å². The van der Waals surface area contributed by atoms with Gasteiger partial charge in [-0.05, 0) is 37.3 Å². The Morgan fingerprint density at radius 3 is 2.85 bits per heavy atom. The number of nitrogens with zero attached hydrogens (tertiary/aromatic N) is 1. The highest BCUT2D eigenvalue weighted by Gasteiger charge is 2.25. The predicted octanol–water partition coefficient (Wildman–Crippen LogP) is 1.61. The molecule has 1 aliphatic rings. The second-order valence-corrected chi connectivity index (χ2v) is 7.11. The van der Waals surface area contributed by atoms with Crippen molar-refractivity contribution in [1.29, 1.82) is 0 Å². The molecule has 7 heteroatoms. The zero-order chi connectivity index (χ0) is 14.6. The summed E-state index contributed by atoms with van der Waals surface area (Å²) < 4.78 is 27.6. The van der Waals surface area contributed by atoms with Crippen LogP contribution in [-0.2, 0) is 10.0 Å². The standard InChI is InChI=1S/C13H22N4O2S/c1-10-4-2-5-11(8-7-10)17-20(18,19)12-6-3-9-15-13(12)16-14/h3,6,9-11,17H,2,4-5,7-8,14H2,1H3,(H,15,16). The van der Waals surface area contributed by atoms with Crippen molar-refractivity contribution in [2.45, 2.75) is 50.0 Å². The van der Waals surface area contributed by atoms with E-state index in [0.29, 0.717) is 5.92 Å². The Kier molecular flexibility index (Phi) is 4.95. The van der Waals surface area contributed by atoms with E-state index in [9.17, 15) is 8.42 Å².